The number of aldehydes is 1. The predicted molar refractivity (Wildman–Crippen MR) is 52.8 cm³/mol. The first kappa shape index (κ1) is 8.90. The first-order valence-corrected chi connectivity index (χ1v) is 5.83. The van der Waals surface area contributed by atoms with Gasteiger partial charge in [-0.2, -0.15) is 0 Å². The molecule has 1 unspecified atom stereocenters. The Morgan fingerprint density at radius 2 is 2.07 bits per heavy atom. The Labute approximate surface area is 85.0 Å². The molecule has 14 heavy (non-hydrogen) atoms. The summed E-state index contributed by atoms with van der Waals surface area (Å²) in [6.45, 7) is 0. The molecule has 2 bridgehead atoms. The molecule has 0 saturated heterocycles. The highest BCUT2D eigenvalue weighted by atomic mass is 16.5. The third kappa shape index (κ3) is 0.979. The highest BCUT2D eigenvalue weighted by Gasteiger charge is 2.57. The van der Waals surface area contributed by atoms with Crippen molar-refractivity contribution in [1.82, 2.24) is 0 Å². The molecule has 3 saturated carbocycles. The summed E-state index contributed by atoms with van der Waals surface area (Å²) in [5, 5.41) is 0. The lowest BCUT2D eigenvalue weighted by atomic mass is 9.77. The lowest BCUT2D eigenvalue weighted by molar-refractivity contribution is -0.113. The van der Waals surface area contributed by atoms with Crippen LogP contribution in [0.1, 0.15) is 25.7 Å². The molecular weight excluding hydrogens is 176 g/mol. The van der Waals surface area contributed by atoms with Gasteiger partial charge in [-0.15, -0.1) is 0 Å². The fourth-order valence-corrected chi connectivity index (χ4v) is 4.53. The molecule has 3 fully saturated rings. The molecule has 0 aromatic heterocycles. The Kier molecular flexibility index (Phi) is 1.94. The molecule has 2 nitrogen and oxygen atoms in total. The fourth-order valence-electron chi connectivity index (χ4n) is 4.53. The van der Waals surface area contributed by atoms with Gasteiger partial charge < -0.3 is 9.53 Å². The molecule has 6 atom stereocenters. The second kappa shape index (κ2) is 3.06. The van der Waals surface area contributed by atoms with Crippen LogP contribution in [0, 0.1) is 29.6 Å². The van der Waals surface area contributed by atoms with Gasteiger partial charge in [0.2, 0.25) is 0 Å². The van der Waals surface area contributed by atoms with Crippen LogP contribution in [-0.4, -0.2) is 19.5 Å². The maximum absolute atomic E-state index is 11.0. The van der Waals surface area contributed by atoms with Crippen LogP contribution in [0.25, 0.3) is 0 Å². The fraction of sp³-hybridized carbons (Fsp3) is 0.917. The summed E-state index contributed by atoms with van der Waals surface area (Å²) in [6, 6.07) is 0. The van der Waals surface area contributed by atoms with Gasteiger partial charge in [-0.3, -0.25) is 0 Å². The van der Waals surface area contributed by atoms with Crippen molar-refractivity contribution < 1.29 is 9.53 Å². The van der Waals surface area contributed by atoms with Crippen LogP contribution in [-0.2, 0) is 9.53 Å². The van der Waals surface area contributed by atoms with Crippen molar-refractivity contribution in [3.8, 4) is 0 Å². The molecule has 3 aliphatic rings. The van der Waals surface area contributed by atoms with Crippen molar-refractivity contribution in [3.05, 3.63) is 0 Å². The van der Waals surface area contributed by atoms with E-state index in [4.69, 9.17) is 4.74 Å². The van der Waals surface area contributed by atoms with Crippen LogP contribution in [0.3, 0.4) is 0 Å². The van der Waals surface area contributed by atoms with Crippen molar-refractivity contribution >= 4 is 6.29 Å². The molecule has 0 aliphatic heterocycles. The molecule has 78 valence electrons. The van der Waals surface area contributed by atoms with Crippen molar-refractivity contribution in [2.24, 2.45) is 29.6 Å². The summed E-state index contributed by atoms with van der Waals surface area (Å²) in [5.41, 5.74) is 0. The number of carbonyl (C=O) groups is 1. The number of rotatable bonds is 2. The van der Waals surface area contributed by atoms with Gasteiger partial charge in [0.25, 0.3) is 0 Å². The van der Waals surface area contributed by atoms with Crippen LogP contribution in [0.2, 0.25) is 0 Å². The maximum atomic E-state index is 11.0. The van der Waals surface area contributed by atoms with E-state index in [2.05, 4.69) is 0 Å². The summed E-state index contributed by atoms with van der Waals surface area (Å²) < 4.78 is 5.53. The van der Waals surface area contributed by atoms with E-state index in [0.717, 1.165) is 18.3 Å². The highest BCUT2D eigenvalue weighted by Crippen LogP contribution is 2.60. The van der Waals surface area contributed by atoms with Crippen LogP contribution >= 0.6 is 0 Å². The molecule has 0 radical (unpaired) electrons. The lowest BCUT2D eigenvalue weighted by Gasteiger charge is -2.32. The topological polar surface area (TPSA) is 26.3 Å². The van der Waals surface area contributed by atoms with E-state index < -0.39 is 0 Å². The Hall–Kier alpha value is -0.370. The molecule has 0 amide bonds. The molecular formula is C12H18O2. The predicted octanol–water partition coefficient (Wildman–Crippen LogP) is 1.88. The first-order chi connectivity index (χ1) is 6.85. The zero-order valence-electron chi connectivity index (χ0n) is 8.69. The van der Waals surface area contributed by atoms with Crippen LogP contribution in [0.15, 0.2) is 0 Å². The number of hydrogen-bond acceptors (Lipinski definition) is 2. The molecule has 0 heterocycles. The molecule has 2 heteroatoms. The van der Waals surface area contributed by atoms with Crippen molar-refractivity contribution in [1.29, 1.82) is 0 Å². The molecule has 0 spiro atoms. The number of fused-ring (bicyclic) bond motifs is 5. The highest BCUT2D eigenvalue weighted by molar-refractivity contribution is 5.55. The van der Waals surface area contributed by atoms with Gasteiger partial charge in [-0.25, -0.2) is 0 Å². The van der Waals surface area contributed by atoms with E-state index in [1.165, 1.54) is 25.5 Å². The first-order valence-electron chi connectivity index (χ1n) is 5.83. The quantitative estimate of drug-likeness (QED) is 0.627. The van der Waals surface area contributed by atoms with Crippen molar-refractivity contribution in [2.75, 3.05) is 7.11 Å². The Morgan fingerprint density at radius 1 is 1.21 bits per heavy atom. The molecule has 0 aromatic carbocycles. The third-order valence-corrected chi connectivity index (χ3v) is 4.99. The van der Waals surface area contributed by atoms with E-state index in [-0.39, 0.29) is 0 Å². The van der Waals surface area contributed by atoms with Crippen molar-refractivity contribution in [2.45, 2.75) is 31.8 Å². The van der Waals surface area contributed by atoms with Crippen LogP contribution < -0.4 is 0 Å². The summed E-state index contributed by atoms with van der Waals surface area (Å²) in [5.74, 6) is 3.47. The second-order valence-electron chi connectivity index (χ2n) is 5.29. The largest absolute Gasteiger partial charge is 0.381 e. The SMILES string of the molecule is CO[C@H]1C[C@H]2C[C@@H]1[C@@H]1C(C=O)CC[C@H]21. The van der Waals surface area contributed by atoms with Crippen LogP contribution in [0.5, 0.6) is 0 Å². The number of ether oxygens (including phenoxy) is 1. The minimum Gasteiger partial charge on any atom is -0.381 e. The van der Waals surface area contributed by atoms with Crippen LogP contribution in [0.4, 0.5) is 0 Å². The van der Waals surface area contributed by atoms with Gasteiger partial charge in [0.15, 0.2) is 0 Å². The van der Waals surface area contributed by atoms with Gasteiger partial charge in [0.1, 0.15) is 6.29 Å². The summed E-state index contributed by atoms with van der Waals surface area (Å²) in [7, 11) is 1.82. The van der Waals surface area contributed by atoms with E-state index >= 15 is 0 Å². The standard InChI is InChI=1S/C12H18O2/c1-14-11-5-8-4-10(11)12-7(6-13)2-3-9(8)12/h6-12H,2-5H2,1H3/t7?,8-,9-,10+,11+,12-/m1/s1. The second-order valence-corrected chi connectivity index (χ2v) is 5.29. The minimum absolute atomic E-state index is 0.355. The van der Waals surface area contributed by atoms with E-state index in [1.54, 1.807) is 0 Å². The molecule has 3 rings (SSSR count). The molecule has 0 aromatic rings. The zero-order chi connectivity index (χ0) is 9.71. The molecule has 3 aliphatic carbocycles. The minimum atomic E-state index is 0.355. The number of hydrogen-bond donors (Lipinski definition) is 0. The van der Waals surface area contributed by atoms with Gasteiger partial charge in [-0.1, -0.05) is 0 Å². The van der Waals surface area contributed by atoms with Gasteiger partial charge in [0, 0.05) is 13.0 Å². The lowest BCUT2D eigenvalue weighted by Crippen LogP contribution is -2.33. The summed E-state index contributed by atoms with van der Waals surface area (Å²) in [4.78, 5) is 11.0. The Bertz CT molecular complexity index is 251. The Balaban J connectivity index is 1.85. The summed E-state index contributed by atoms with van der Waals surface area (Å²) in [6.07, 6.45) is 6.69. The average molecular weight is 194 g/mol. The summed E-state index contributed by atoms with van der Waals surface area (Å²) >= 11 is 0. The Morgan fingerprint density at radius 3 is 2.79 bits per heavy atom. The average Bonchev–Trinajstić information content (AvgIpc) is 2.87. The normalized spacial score (nSPS) is 54.9. The zero-order valence-corrected chi connectivity index (χ0v) is 8.69. The van der Waals surface area contributed by atoms with Gasteiger partial charge in [0.05, 0.1) is 6.10 Å². The van der Waals surface area contributed by atoms with E-state index in [0.29, 0.717) is 23.9 Å². The smallest absolute Gasteiger partial charge is 0.123 e. The number of carbonyl (C=O) groups excluding carboxylic acids is 1. The van der Waals surface area contributed by atoms with Gasteiger partial charge in [-0.05, 0) is 49.4 Å². The number of methoxy groups -OCH3 is 1. The van der Waals surface area contributed by atoms with E-state index in [9.17, 15) is 4.79 Å². The third-order valence-electron chi connectivity index (χ3n) is 4.99. The van der Waals surface area contributed by atoms with E-state index in [1.807, 2.05) is 7.11 Å². The monoisotopic (exact) mass is 194 g/mol. The van der Waals surface area contributed by atoms with Gasteiger partial charge >= 0.3 is 0 Å². The van der Waals surface area contributed by atoms with Crippen molar-refractivity contribution in [3.63, 3.8) is 0 Å². The molecule has 0 N–H and O–H groups in total. The maximum Gasteiger partial charge on any atom is 0.123 e.